The molecule has 0 bridgehead atoms. The Kier molecular flexibility index (Phi) is 5.22. The van der Waals surface area contributed by atoms with Crippen molar-refractivity contribution in [3.8, 4) is 11.3 Å². The van der Waals surface area contributed by atoms with Crippen molar-refractivity contribution in [2.75, 3.05) is 13.2 Å². The van der Waals surface area contributed by atoms with Gasteiger partial charge < -0.3 is 15.0 Å². The fourth-order valence-electron chi connectivity index (χ4n) is 4.87. The third-order valence-corrected chi connectivity index (χ3v) is 6.31. The van der Waals surface area contributed by atoms with Crippen LogP contribution in [0.4, 0.5) is 0 Å². The summed E-state index contributed by atoms with van der Waals surface area (Å²) in [6.45, 7) is 3.35. The molecule has 164 valence electrons. The zero-order valence-corrected chi connectivity index (χ0v) is 18.2. The van der Waals surface area contributed by atoms with Crippen molar-refractivity contribution in [3.05, 3.63) is 65.6 Å². The lowest BCUT2D eigenvalue weighted by molar-refractivity contribution is 0.0543. The van der Waals surface area contributed by atoms with Gasteiger partial charge in [0, 0.05) is 25.8 Å². The minimum absolute atomic E-state index is 0.0754. The van der Waals surface area contributed by atoms with E-state index in [-0.39, 0.29) is 11.9 Å². The van der Waals surface area contributed by atoms with Crippen LogP contribution in [0.3, 0.4) is 0 Å². The largest absolute Gasteiger partial charge is 0.381 e. The van der Waals surface area contributed by atoms with Crippen LogP contribution in [0.15, 0.2) is 48.5 Å². The maximum atomic E-state index is 12.5. The maximum Gasteiger partial charge on any atom is 0.284 e. The van der Waals surface area contributed by atoms with Crippen LogP contribution in [0.1, 0.15) is 40.8 Å². The van der Waals surface area contributed by atoms with Crippen molar-refractivity contribution in [1.82, 2.24) is 24.5 Å². The molecular formula is C24H26N6O2. The second-order valence-corrected chi connectivity index (χ2v) is 8.33. The van der Waals surface area contributed by atoms with Crippen LogP contribution in [0.25, 0.3) is 22.3 Å². The van der Waals surface area contributed by atoms with E-state index in [4.69, 9.17) is 10.5 Å². The summed E-state index contributed by atoms with van der Waals surface area (Å²) in [5.74, 6) is 0.0388. The summed E-state index contributed by atoms with van der Waals surface area (Å²) >= 11 is 0. The number of carbonyl (C=O) groups is 1. The van der Waals surface area contributed by atoms with Gasteiger partial charge in [0.25, 0.3) is 5.91 Å². The van der Waals surface area contributed by atoms with Crippen molar-refractivity contribution < 1.29 is 9.53 Å². The topological polar surface area (TPSA) is 101 Å². The number of nitrogens with two attached hydrogens (primary N) is 1. The molecule has 0 radical (unpaired) electrons. The summed E-state index contributed by atoms with van der Waals surface area (Å²) in [6, 6.07) is 16.2. The molecule has 8 nitrogen and oxygen atoms in total. The number of fused-ring (bicyclic) bond motifs is 1. The summed E-state index contributed by atoms with van der Waals surface area (Å²) in [5, 5.41) is 8.33. The molecule has 0 aliphatic carbocycles. The highest BCUT2D eigenvalue weighted by Gasteiger charge is 2.31. The van der Waals surface area contributed by atoms with Gasteiger partial charge in [-0.1, -0.05) is 41.6 Å². The maximum absolute atomic E-state index is 12.5. The summed E-state index contributed by atoms with van der Waals surface area (Å²) in [7, 11) is 1.88. The Hall–Kier alpha value is -3.52. The number of aromatic nitrogens is 5. The first kappa shape index (κ1) is 20.4. The first-order valence-corrected chi connectivity index (χ1v) is 10.9. The molecule has 0 saturated carbocycles. The summed E-state index contributed by atoms with van der Waals surface area (Å²) in [4.78, 5) is 17.2. The monoisotopic (exact) mass is 430 g/mol. The molecule has 1 aliphatic rings. The molecule has 1 aliphatic heterocycles. The van der Waals surface area contributed by atoms with Crippen molar-refractivity contribution in [2.45, 2.75) is 25.8 Å². The van der Waals surface area contributed by atoms with E-state index in [0.29, 0.717) is 19.1 Å². The standard InChI is InChI=1S/C24H26N6O2/c1-15-21(29(2)28-27-15)18-8-9-19-20(14-18)30(24(26-19)23(25)31)22(16-6-4-3-5-7-16)17-10-12-32-13-11-17/h3-9,14,17,22H,10-13H2,1-2H3,(H2,25,31)/t22-/m1/s1. The Labute approximate surface area is 186 Å². The highest BCUT2D eigenvalue weighted by Crippen LogP contribution is 2.38. The Bertz CT molecular complexity index is 1250. The summed E-state index contributed by atoms with van der Waals surface area (Å²) in [6.07, 6.45) is 1.81. The van der Waals surface area contributed by atoms with Crippen molar-refractivity contribution in [2.24, 2.45) is 18.7 Å². The average molecular weight is 431 g/mol. The van der Waals surface area contributed by atoms with E-state index in [9.17, 15) is 4.79 Å². The van der Waals surface area contributed by atoms with Crippen molar-refractivity contribution in [3.63, 3.8) is 0 Å². The van der Waals surface area contributed by atoms with E-state index in [1.807, 2.05) is 48.9 Å². The second kappa shape index (κ2) is 8.20. The van der Waals surface area contributed by atoms with E-state index in [0.717, 1.165) is 46.4 Å². The lowest BCUT2D eigenvalue weighted by Crippen LogP contribution is -2.30. The number of benzene rings is 2. The molecule has 2 N–H and O–H groups in total. The fourth-order valence-corrected chi connectivity index (χ4v) is 4.87. The van der Waals surface area contributed by atoms with Gasteiger partial charge in [-0.3, -0.25) is 4.79 Å². The van der Waals surface area contributed by atoms with Crippen LogP contribution < -0.4 is 5.73 Å². The quantitative estimate of drug-likeness (QED) is 0.524. The van der Waals surface area contributed by atoms with Crippen LogP contribution in [0, 0.1) is 12.8 Å². The van der Waals surface area contributed by atoms with E-state index >= 15 is 0 Å². The Balaban J connectivity index is 1.76. The van der Waals surface area contributed by atoms with E-state index in [2.05, 4.69) is 33.5 Å². The molecular weight excluding hydrogens is 404 g/mol. The third kappa shape index (κ3) is 3.46. The molecule has 8 heteroatoms. The van der Waals surface area contributed by atoms with Gasteiger partial charge in [-0.05, 0) is 43.4 Å². The van der Waals surface area contributed by atoms with Crippen LogP contribution in [-0.4, -0.2) is 43.7 Å². The van der Waals surface area contributed by atoms with Crippen LogP contribution in [0.2, 0.25) is 0 Å². The van der Waals surface area contributed by atoms with Gasteiger partial charge in [-0.2, -0.15) is 0 Å². The predicted molar refractivity (Wildman–Crippen MR) is 121 cm³/mol. The SMILES string of the molecule is Cc1nnn(C)c1-c1ccc2nc(C(N)=O)n([C@H](c3ccccc3)C3CCOCC3)c2c1. The number of carbonyl (C=O) groups excluding carboxylic acids is 1. The number of amides is 1. The van der Waals surface area contributed by atoms with Gasteiger partial charge in [0.1, 0.15) is 0 Å². The molecule has 1 saturated heterocycles. The fraction of sp³-hybridized carbons (Fsp3) is 0.333. The van der Waals surface area contributed by atoms with Gasteiger partial charge in [0.2, 0.25) is 0 Å². The number of aryl methyl sites for hydroxylation is 2. The first-order chi connectivity index (χ1) is 15.5. The molecule has 1 atom stereocenters. The number of rotatable bonds is 5. The lowest BCUT2D eigenvalue weighted by Gasteiger charge is -2.33. The van der Waals surface area contributed by atoms with Gasteiger partial charge in [0.15, 0.2) is 5.82 Å². The van der Waals surface area contributed by atoms with Crippen LogP contribution in [0.5, 0.6) is 0 Å². The minimum Gasteiger partial charge on any atom is -0.381 e. The predicted octanol–water partition coefficient (Wildman–Crippen LogP) is 3.26. The Morgan fingerprint density at radius 3 is 2.56 bits per heavy atom. The molecule has 2 aromatic carbocycles. The average Bonchev–Trinajstić information content (AvgIpc) is 3.35. The highest BCUT2D eigenvalue weighted by molar-refractivity contribution is 5.95. The van der Waals surface area contributed by atoms with Crippen LogP contribution in [-0.2, 0) is 11.8 Å². The van der Waals surface area contributed by atoms with E-state index in [1.54, 1.807) is 4.68 Å². The third-order valence-electron chi connectivity index (χ3n) is 6.31. The van der Waals surface area contributed by atoms with Crippen molar-refractivity contribution in [1.29, 1.82) is 0 Å². The zero-order valence-electron chi connectivity index (χ0n) is 18.2. The number of hydrogen-bond acceptors (Lipinski definition) is 5. The molecule has 0 spiro atoms. The zero-order chi connectivity index (χ0) is 22.2. The molecule has 3 heterocycles. The number of hydrogen-bond donors (Lipinski definition) is 1. The Morgan fingerprint density at radius 1 is 1.16 bits per heavy atom. The number of imidazole rings is 1. The minimum atomic E-state index is -0.533. The lowest BCUT2D eigenvalue weighted by atomic mass is 9.86. The molecule has 4 aromatic rings. The first-order valence-electron chi connectivity index (χ1n) is 10.9. The van der Waals surface area contributed by atoms with Crippen molar-refractivity contribution >= 4 is 16.9 Å². The molecule has 5 rings (SSSR count). The molecule has 1 fully saturated rings. The van der Waals surface area contributed by atoms with Gasteiger partial charge in [-0.25, -0.2) is 9.67 Å². The van der Waals surface area contributed by atoms with E-state index < -0.39 is 5.91 Å². The van der Waals surface area contributed by atoms with Gasteiger partial charge >= 0.3 is 0 Å². The molecule has 2 aromatic heterocycles. The summed E-state index contributed by atoms with van der Waals surface area (Å²) < 4.78 is 9.43. The molecule has 32 heavy (non-hydrogen) atoms. The normalized spacial score (nSPS) is 15.8. The van der Waals surface area contributed by atoms with E-state index in [1.165, 1.54) is 0 Å². The highest BCUT2D eigenvalue weighted by atomic mass is 16.5. The molecule has 1 amide bonds. The number of ether oxygens (including phenoxy) is 1. The second-order valence-electron chi connectivity index (χ2n) is 8.33. The summed E-state index contributed by atoms with van der Waals surface area (Å²) in [5.41, 5.74) is 11.3. The smallest absolute Gasteiger partial charge is 0.284 e. The van der Waals surface area contributed by atoms with Gasteiger partial charge in [0.05, 0.1) is 28.5 Å². The van der Waals surface area contributed by atoms with Gasteiger partial charge in [-0.15, -0.1) is 5.10 Å². The van der Waals surface area contributed by atoms with Crippen LogP contribution >= 0.6 is 0 Å². The number of nitrogens with zero attached hydrogens (tertiary/aromatic N) is 5. The Morgan fingerprint density at radius 2 is 1.91 bits per heavy atom. The molecule has 0 unspecified atom stereocenters. The number of primary amides is 1.